The molecule has 23 heavy (non-hydrogen) atoms. The Hall–Kier alpha value is -1.79. The molecular formula is C17H20F2N2O2. The van der Waals surface area contributed by atoms with Gasteiger partial charge in [-0.3, -0.25) is 4.90 Å². The lowest BCUT2D eigenvalue weighted by molar-refractivity contribution is 0.0594. The van der Waals surface area contributed by atoms with Crippen LogP contribution in [0, 0.1) is 17.6 Å². The Kier molecular flexibility index (Phi) is 4.73. The first kappa shape index (κ1) is 16.1. The number of aromatic nitrogens is 1. The summed E-state index contributed by atoms with van der Waals surface area (Å²) in [5.41, 5.74) is 1.16. The molecule has 0 spiro atoms. The molecule has 1 aliphatic heterocycles. The highest BCUT2D eigenvalue weighted by Crippen LogP contribution is 2.24. The molecule has 0 saturated carbocycles. The number of likely N-dealkylation sites (tertiary alicyclic amines) is 1. The summed E-state index contributed by atoms with van der Waals surface area (Å²) in [4.78, 5) is 6.59. The third kappa shape index (κ3) is 3.76. The highest BCUT2D eigenvalue weighted by atomic mass is 19.2. The van der Waals surface area contributed by atoms with E-state index in [1.807, 2.05) is 6.92 Å². The zero-order valence-corrected chi connectivity index (χ0v) is 13.0. The van der Waals surface area contributed by atoms with Crippen molar-refractivity contribution in [2.45, 2.75) is 32.4 Å². The minimum absolute atomic E-state index is 0.279. The number of aliphatic hydroxyl groups excluding tert-OH is 1. The van der Waals surface area contributed by atoms with E-state index in [1.165, 1.54) is 6.07 Å². The van der Waals surface area contributed by atoms with E-state index in [-0.39, 0.29) is 17.9 Å². The lowest BCUT2D eigenvalue weighted by Gasteiger charge is -2.33. The van der Waals surface area contributed by atoms with Gasteiger partial charge in [0, 0.05) is 18.7 Å². The first-order chi connectivity index (χ1) is 11.0. The number of rotatable bonds is 4. The van der Waals surface area contributed by atoms with E-state index in [2.05, 4.69) is 9.88 Å². The molecule has 1 aromatic carbocycles. The predicted molar refractivity (Wildman–Crippen MR) is 81.5 cm³/mol. The highest BCUT2D eigenvalue weighted by Gasteiger charge is 2.24. The van der Waals surface area contributed by atoms with E-state index in [0.29, 0.717) is 12.1 Å². The number of nitrogens with zero attached hydrogens (tertiary/aromatic N) is 2. The molecule has 6 heteroatoms. The van der Waals surface area contributed by atoms with Gasteiger partial charge in [-0.15, -0.1) is 0 Å². The number of hydrogen-bond donors (Lipinski definition) is 1. The van der Waals surface area contributed by atoms with Crippen LogP contribution in [-0.4, -0.2) is 34.2 Å². The third-order valence-corrected chi connectivity index (χ3v) is 4.33. The maximum atomic E-state index is 13.3. The van der Waals surface area contributed by atoms with Crippen LogP contribution in [0.25, 0.3) is 11.5 Å². The first-order valence-electron chi connectivity index (χ1n) is 7.83. The van der Waals surface area contributed by atoms with Crippen LogP contribution in [0.15, 0.2) is 28.9 Å². The first-order valence-corrected chi connectivity index (χ1v) is 7.83. The molecule has 1 aliphatic rings. The zero-order valence-electron chi connectivity index (χ0n) is 13.0. The van der Waals surface area contributed by atoms with Crippen molar-refractivity contribution in [1.82, 2.24) is 9.88 Å². The SMILES string of the molecule is CC(O)C1CCCN(Cc2coc(-c3ccc(F)c(F)c3)n2)C1. The smallest absolute Gasteiger partial charge is 0.226 e. The van der Waals surface area contributed by atoms with Crippen LogP contribution in [-0.2, 0) is 6.54 Å². The molecule has 1 saturated heterocycles. The van der Waals surface area contributed by atoms with Crippen molar-refractivity contribution in [3.8, 4) is 11.5 Å². The second kappa shape index (κ2) is 6.76. The van der Waals surface area contributed by atoms with E-state index in [0.717, 1.165) is 43.8 Å². The van der Waals surface area contributed by atoms with Crippen molar-refractivity contribution >= 4 is 0 Å². The van der Waals surface area contributed by atoms with Crippen LogP contribution < -0.4 is 0 Å². The van der Waals surface area contributed by atoms with Gasteiger partial charge >= 0.3 is 0 Å². The fourth-order valence-corrected chi connectivity index (χ4v) is 3.00. The number of piperidine rings is 1. The van der Waals surface area contributed by atoms with Crippen LogP contribution in [0.3, 0.4) is 0 Å². The van der Waals surface area contributed by atoms with E-state index < -0.39 is 11.6 Å². The largest absolute Gasteiger partial charge is 0.444 e. The maximum Gasteiger partial charge on any atom is 0.226 e. The third-order valence-electron chi connectivity index (χ3n) is 4.33. The van der Waals surface area contributed by atoms with E-state index in [1.54, 1.807) is 6.26 Å². The Balaban J connectivity index is 1.68. The lowest BCUT2D eigenvalue weighted by atomic mass is 9.93. The van der Waals surface area contributed by atoms with Gasteiger partial charge in [0.1, 0.15) is 6.26 Å². The molecule has 4 nitrogen and oxygen atoms in total. The predicted octanol–water partition coefficient (Wildman–Crippen LogP) is 3.21. The minimum Gasteiger partial charge on any atom is -0.444 e. The summed E-state index contributed by atoms with van der Waals surface area (Å²) in [6.07, 6.45) is 3.31. The van der Waals surface area contributed by atoms with Crippen molar-refractivity contribution in [3.05, 3.63) is 41.8 Å². The molecule has 0 aliphatic carbocycles. The van der Waals surface area contributed by atoms with Crippen LogP contribution in [0.5, 0.6) is 0 Å². The number of benzene rings is 1. The van der Waals surface area contributed by atoms with Crippen LogP contribution in [0.1, 0.15) is 25.5 Å². The van der Waals surface area contributed by atoms with Gasteiger partial charge in [-0.2, -0.15) is 0 Å². The normalized spacial score (nSPS) is 20.6. The molecule has 2 aromatic rings. The standard InChI is InChI=1S/C17H20F2N2O2/c1-11(22)13-3-2-6-21(8-13)9-14-10-23-17(20-14)12-4-5-15(18)16(19)7-12/h4-5,7,10-11,13,22H,2-3,6,8-9H2,1H3. The molecule has 2 heterocycles. The van der Waals surface area contributed by atoms with Gasteiger partial charge in [0.05, 0.1) is 11.8 Å². The molecule has 1 fully saturated rings. The molecule has 0 bridgehead atoms. The Labute approximate surface area is 133 Å². The second-order valence-electron chi connectivity index (χ2n) is 6.15. The molecule has 0 amide bonds. The summed E-state index contributed by atoms with van der Waals surface area (Å²) in [6.45, 7) is 4.23. The Morgan fingerprint density at radius 1 is 1.39 bits per heavy atom. The van der Waals surface area contributed by atoms with E-state index >= 15 is 0 Å². The fourth-order valence-electron chi connectivity index (χ4n) is 3.00. The van der Waals surface area contributed by atoms with Crippen molar-refractivity contribution < 1.29 is 18.3 Å². The number of oxazole rings is 1. The summed E-state index contributed by atoms with van der Waals surface area (Å²) in [5, 5.41) is 9.74. The van der Waals surface area contributed by atoms with Crippen molar-refractivity contribution in [2.24, 2.45) is 5.92 Å². The van der Waals surface area contributed by atoms with Crippen molar-refractivity contribution in [2.75, 3.05) is 13.1 Å². The number of hydrogen-bond acceptors (Lipinski definition) is 4. The van der Waals surface area contributed by atoms with Crippen LogP contribution in [0.2, 0.25) is 0 Å². The van der Waals surface area contributed by atoms with Gasteiger partial charge in [0.25, 0.3) is 0 Å². The van der Waals surface area contributed by atoms with Gasteiger partial charge in [0.15, 0.2) is 11.6 Å². The summed E-state index contributed by atoms with van der Waals surface area (Å²) in [7, 11) is 0. The van der Waals surface area contributed by atoms with E-state index in [4.69, 9.17) is 4.42 Å². The summed E-state index contributed by atoms with van der Waals surface area (Å²) in [6, 6.07) is 3.58. The van der Waals surface area contributed by atoms with Gasteiger partial charge < -0.3 is 9.52 Å². The molecule has 124 valence electrons. The van der Waals surface area contributed by atoms with E-state index in [9.17, 15) is 13.9 Å². The molecule has 3 rings (SSSR count). The minimum atomic E-state index is -0.918. The molecule has 1 N–H and O–H groups in total. The molecule has 2 atom stereocenters. The summed E-state index contributed by atoms with van der Waals surface area (Å²) >= 11 is 0. The highest BCUT2D eigenvalue weighted by molar-refractivity contribution is 5.53. The monoisotopic (exact) mass is 322 g/mol. The quantitative estimate of drug-likeness (QED) is 0.939. The topological polar surface area (TPSA) is 49.5 Å². The average molecular weight is 322 g/mol. The van der Waals surface area contributed by atoms with Gasteiger partial charge in [0.2, 0.25) is 5.89 Å². The Morgan fingerprint density at radius 3 is 2.96 bits per heavy atom. The summed E-state index contributed by atoms with van der Waals surface area (Å²) < 4.78 is 31.6. The molecular weight excluding hydrogens is 302 g/mol. The number of aliphatic hydroxyl groups is 1. The molecule has 0 radical (unpaired) electrons. The van der Waals surface area contributed by atoms with Gasteiger partial charge in [-0.25, -0.2) is 13.8 Å². The average Bonchev–Trinajstić information content (AvgIpc) is 2.99. The van der Waals surface area contributed by atoms with Crippen molar-refractivity contribution in [3.63, 3.8) is 0 Å². The lowest BCUT2D eigenvalue weighted by Crippen LogP contribution is -2.39. The molecule has 2 unspecified atom stereocenters. The van der Waals surface area contributed by atoms with Gasteiger partial charge in [-0.05, 0) is 50.4 Å². The van der Waals surface area contributed by atoms with Crippen LogP contribution >= 0.6 is 0 Å². The van der Waals surface area contributed by atoms with Crippen LogP contribution in [0.4, 0.5) is 8.78 Å². The summed E-state index contributed by atoms with van der Waals surface area (Å²) in [5.74, 6) is -1.25. The Morgan fingerprint density at radius 2 is 2.22 bits per heavy atom. The zero-order chi connectivity index (χ0) is 16.4. The van der Waals surface area contributed by atoms with Gasteiger partial charge in [-0.1, -0.05) is 0 Å². The Bertz CT molecular complexity index is 672. The number of halogens is 2. The van der Waals surface area contributed by atoms with Crippen molar-refractivity contribution in [1.29, 1.82) is 0 Å². The fraction of sp³-hybridized carbons (Fsp3) is 0.471. The second-order valence-corrected chi connectivity index (χ2v) is 6.15. The molecule has 1 aromatic heterocycles. The maximum absolute atomic E-state index is 13.3.